The van der Waals surface area contributed by atoms with E-state index in [1.165, 1.54) is 13.8 Å². The highest BCUT2D eigenvalue weighted by Gasteiger charge is 2.47. The van der Waals surface area contributed by atoms with Crippen LogP contribution < -0.4 is 9.47 Å². The molecule has 1 fully saturated rings. The van der Waals surface area contributed by atoms with E-state index in [2.05, 4.69) is 0 Å². The Hall–Kier alpha value is -2.17. The summed E-state index contributed by atoms with van der Waals surface area (Å²) in [5.41, 5.74) is 1.78. The monoisotopic (exact) mass is 288 g/mol. The Labute approximate surface area is 122 Å². The van der Waals surface area contributed by atoms with Crippen molar-refractivity contribution in [1.82, 2.24) is 0 Å². The normalized spacial score (nSPS) is 25.3. The van der Waals surface area contributed by atoms with Crippen LogP contribution in [0.1, 0.15) is 49.7 Å². The van der Waals surface area contributed by atoms with Gasteiger partial charge in [0.25, 0.3) is 0 Å². The second-order valence-electron chi connectivity index (χ2n) is 5.65. The minimum Gasteiger partial charge on any atom is -0.426 e. The lowest BCUT2D eigenvalue weighted by Crippen LogP contribution is -2.16. The highest BCUT2D eigenvalue weighted by molar-refractivity contribution is 5.74. The molecule has 0 heterocycles. The number of benzene rings is 1. The first-order valence-corrected chi connectivity index (χ1v) is 7.00. The summed E-state index contributed by atoms with van der Waals surface area (Å²) in [6.45, 7) is 2.70. The van der Waals surface area contributed by atoms with Crippen LogP contribution in [0.3, 0.4) is 0 Å². The maximum absolute atomic E-state index is 11.3. The van der Waals surface area contributed by atoms with Crippen LogP contribution in [0.15, 0.2) is 12.1 Å². The molecular weight excluding hydrogens is 272 g/mol. The van der Waals surface area contributed by atoms with Gasteiger partial charge in [0.2, 0.25) is 0 Å². The van der Waals surface area contributed by atoms with Gasteiger partial charge in [-0.3, -0.25) is 9.59 Å². The minimum absolute atomic E-state index is 0.0485. The minimum atomic E-state index is -0.400. The first-order valence-electron chi connectivity index (χ1n) is 7.00. The molecule has 5 nitrogen and oxygen atoms in total. The third-order valence-corrected chi connectivity index (χ3v) is 4.28. The SMILES string of the molecule is CC(=O)Oc1ccc(OC(C)=O)c2c1C1CC(C=O)C2C1. The van der Waals surface area contributed by atoms with Gasteiger partial charge in [0.15, 0.2) is 0 Å². The second kappa shape index (κ2) is 4.98. The summed E-state index contributed by atoms with van der Waals surface area (Å²) in [5.74, 6) is 0.398. The third-order valence-electron chi connectivity index (χ3n) is 4.28. The van der Waals surface area contributed by atoms with E-state index in [0.717, 1.165) is 30.3 Å². The summed E-state index contributed by atoms with van der Waals surface area (Å²) in [6.07, 6.45) is 2.58. The lowest BCUT2D eigenvalue weighted by atomic mass is 9.83. The van der Waals surface area contributed by atoms with Crippen LogP contribution >= 0.6 is 0 Å². The molecule has 0 N–H and O–H groups in total. The Morgan fingerprint density at radius 2 is 1.62 bits per heavy atom. The number of hydrogen-bond acceptors (Lipinski definition) is 5. The Balaban J connectivity index is 2.10. The standard InChI is InChI=1S/C16H16O5/c1-8(18)20-13-3-4-14(21-9(2)19)16-12-6-10(15(13)16)5-11(12)7-17/h3-4,7,10-12H,5-6H2,1-2H3. The number of hydrogen-bond donors (Lipinski definition) is 0. The predicted molar refractivity (Wildman–Crippen MR) is 73.3 cm³/mol. The molecule has 0 spiro atoms. The molecule has 2 aliphatic carbocycles. The predicted octanol–water partition coefficient (Wildman–Crippen LogP) is 2.33. The highest BCUT2D eigenvalue weighted by atomic mass is 16.5. The largest absolute Gasteiger partial charge is 0.426 e. The molecule has 0 saturated heterocycles. The van der Waals surface area contributed by atoms with Crippen molar-refractivity contribution >= 4 is 18.2 Å². The molecular formula is C16H16O5. The Kier molecular flexibility index (Phi) is 3.27. The third kappa shape index (κ3) is 2.22. The van der Waals surface area contributed by atoms with Gasteiger partial charge in [-0.05, 0) is 36.8 Å². The zero-order chi connectivity index (χ0) is 15.1. The van der Waals surface area contributed by atoms with Gasteiger partial charge in [0, 0.05) is 30.9 Å². The van der Waals surface area contributed by atoms with E-state index in [0.29, 0.717) is 11.5 Å². The van der Waals surface area contributed by atoms with Gasteiger partial charge in [-0.2, -0.15) is 0 Å². The number of ether oxygens (including phenoxy) is 2. The lowest BCUT2D eigenvalue weighted by Gasteiger charge is -2.24. The van der Waals surface area contributed by atoms with Crippen LogP contribution in [0.2, 0.25) is 0 Å². The van der Waals surface area contributed by atoms with Gasteiger partial charge in [-0.25, -0.2) is 0 Å². The molecule has 3 rings (SSSR count). The molecule has 2 bridgehead atoms. The maximum Gasteiger partial charge on any atom is 0.308 e. The van der Waals surface area contributed by atoms with Crippen LogP contribution in [0.25, 0.3) is 0 Å². The number of fused-ring (bicyclic) bond motifs is 5. The fraction of sp³-hybridized carbons (Fsp3) is 0.438. The smallest absolute Gasteiger partial charge is 0.308 e. The fourth-order valence-electron chi connectivity index (χ4n) is 3.68. The zero-order valence-electron chi connectivity index (χ0n) is 11.9. The molecule has 3 atom stereocenters. The number of rotatable bonds is 3. The number of carbonyl (C=O) groups is 3. The van der Waals surface area contributed by atoms with Crippen LogP contribution in [0.4, 0.5) is 0 Å². The average molecular weight is 288 g/mol. The van der Waals surface area contributed by atoms with Crippen molar-refractivity contribution in [1.29, 1.82) is 0 Å². The van der Waals surface area contributed by atoms with Gasteiger partial charge < -0.3 is 14.3 Å². The first-order chi connectivity index (χ1) is 10.0. The zero-order valence-corrected chi connectivity index (χ0v) is 11.9. The Morgan fingerprint density at radius 1 is 1.05 bits per heavy atom. The van der Waals surface area contributed by atoms with Crippen LogP contribution in [-0.2, 0) is 14.4 Å². The number of aldehydes is 1. The lowest BCUT2D eigenvalue weighted by molar-refractivity contribution is -0.133. The first kappa shape index (κ1) is 13.8. The summed E-state index contributed by atoms with van der Waals surface area (Å²) in [5, 5.41) is 0. The Morgan fingerprint density at radius 3 is 2.14 bits per heavy atom. The van der Waals surface area contributed by atoms with Crippen molar-refractivity contribution in [3.8, 4) is 11.5 Å². The number of carbonyl (C=O) groups excluding carboxylic acids is 3. The molecule has 1 aromatic rings. The van der Waals surface area contributed by atoms with Gasteiger partial charge in [-0.15, -0.1) is 0 Å². The molecule has 0 amide bonds. The van der Waals surface area contributed by atoms with Crippen molar-refractivity contribution in [2.24, 2.45) is 5.92 Å². The van der Waals surface area contributed by atoms with E-state index >= 15 is 0 Å². The molecule has 21 heavy (non-hydrogen) atoms. The topological polar surface area (TPSA) is 69.7 Å². The molecule has 0 aliphatic heterocycles. The summed E-state index contributed by atoms with van der Waals surface area (Å²) >= 11 is 0. The van der Waals surface area contributed by atoms with E-state index in [9.17, 15) is 14.4 Å². The van der Waals surface area contributed by atoms with Gasteiger partial charge in [0.1, 0.15) is 17.8 Å². The molecule has 3 unspecified atom stereocenters. The molecule has 1 saturated carbocycles. The average Bonchev–Trinajstić information content (AvgIpc) is 2.98. The summed E-state index contributed by atoms with van der Waals surface area (Å²) < 4.78 is 10.5. The van der Waals surface area contributed by atoms with Crippen molar-refractivity contribution < 1.29 is 23.9 Å². The second-order valence-corrected chi connectivity index (χ2v) is 5.65. The van der Waals surface area contributed by atoms with E-state index in [1.807, 2.05) is 0 Å². The maximum atomic E-state index is 11.3. The molecule has 1 aromatic carbocycles. The van der Waals surface area contributed by atoms with Crippen molar-refractivity contribution in [2.45, 2.75) is 38.5 Å². The molecule has 0 aromatic heterocycles. The summed E-state index contributed by atoms with van der Waals surface area (Å²) in [4.78, 5) is 33.7. The van der Waals surface area contributed by atoms with E-state index in [-0.39, 0.29) is 23.7 Å². The van der Waals surface area contributed by atoms with Crippen molar-refractivity contribution in [3.05, 3.63) is 23.3 Å². The van der Waals surface area contributed by atoms with Gasteiger partial charge in [-0.1, -0.05) is 0 Å². The Bertz CT molecular complexity index is 634. The quantitative estimate of drug-likeness (QED) is 0.485. The van der Waals surface area contributed by atoms with Crippen LogP contribution in [0.5, 0.6) is 11.5 Å². The summed E-state index contributed by atoms with van der Waals surface area (Å²) in [7, 11) is 0. The number of esters is 2. The van der Waals surface area contributed by atoms with E-state index in [1.54, 1.807) is 12.1 Å². The van der Waals surface area contributed by atoms with Crippen LogP contribution in [-0.4, -0.2) is 18.2 Å². The molecule has 2 aliphatic rings. The fourth-order valence-corrected chi connectivity index (χ4v) is 3.68. The molecule has 5 heteroatoms. The van der Waals surface area contributed by atoms with E-state index < -0.39 is 5.97 Å². The summed E-state index contributed by atoms with van der Waals surface area (Å²) in [6, 6.07) is 3.30. The van der Waals surface area contributed by atoms with Crippen LogP contribution in [0, 0.1) is 5.92 Å². The highest BCUT2D eigenvalue weighted by Crippen LogP contribution is 2.60. The van der Waals surface area contributed by atoms with Gasteiger partial charge >= 0.3 is 11.9 Å². The van der Waals surface area contributed by atoms with E-state index in [4.69, 9.17) is 9.47 Å². The van der Waals surface area contributed by atoms with Crippen molar-refractivity contribution in [3.63, 3.8) is 0 Å². The molecule has 110 valence electrons. The van der Waals surface area contributed by atoms with Crippen molar-refractivity contribution in [2.75, 3.05) is 0 Å². The molecule has 0 radical (unpaired) electrons. The van der Waals surface area contributed by atoms with Gasteiger partial charge in [0.05, 0.1) is 0 Å².